The van der Waals surface area contributed by atoms with E-state index >= 15 is 0 Å². The molecule has 0 heterocycles. The quantitative estimate of drug-likeness (QED) is 0.622. The predicted octanol–water partition coefficient (Wildman–Crippen LogP) is 1.55. The van der Waals surface area contributed by atoms with Gasteiger partial charge in [-0.2, -0.15) is 0 Å². The molecule has 60 valence electrons. The molecule has 0 rings (SSSR count). The maximum Gasteiger partial charge on any atom is 0.0613 e. The first-order chi connectivity index (χ1) is 4.70. The molecule has 0 unspecified atom stereocenters. The van der Waals surface area contributed by atoms with Gasteiger partial charge in [-0.3, -0.25) is 0 Å². The minimum Gasteiger partial charge on any atom is -0.323 e. The van der Waals surface area contributed by atoms with Crippen LogP contribution in [0.5, 0.6) is 0 Å². The number of hydrogen-bond donors (Lipinski definition) is 1. The molecular weight excluding hydrogens is 154 g/mol. The second-order valence-corrected chi connectivity index (χ2v) is 9.41. The van der Waals surface area contributed by atoms with Crippen LogP contribution in [0.1, 0.15) is 6.92 Å². The summed E-state index contributed by atoms with van der Waals surface area (Å²) in [6, 6.07) is 1.43. The monoisotopic (exact) mass is 173 g/mol. The van der Waals surface area contributed by atoms with Gasteiger partial charge in [-0.1, -0.05) is 31.7 Å². The summed E-state index contributed by atoms with van der Waals surface area (Å²) in [5.41, 5.74) is 1.56. The molecule has 0 aliphatic rings. The standard InChI is InChI=1S/C7H19NSi2/c1-5-10(6-8-2)7-9(3)4/h8H,5-7H2,1-4H3. The first kappa shape index (κ1) is 10.4. The van der Waals surface area contributed by atoms with Crippen molar-refractivity contribution in [3.63, 3.8) is 0 Å². The fourth-order valence-electron chi connectivity index (χ4n) is 1.06. The van der Waals surface area contributed by atoms with E-state index in [1.54, 1.807) is 5.67 Å². The normalized spacial score (nSPS) is 11.4. The molecule has 0 amide bonds. The van der Waals surface area contributed by atoms with E-state index in [-0.39, 0.29) is 17.6 Å². The summed E-state index contributed by atoms with van der Waals surface area (Å²) in [7, 11) is 2.11. The Balaban J connectivity index is 3.39. The third-order valence-corrected chi connectivity index (χ3v) is 8.21. The molecule has 3 heteroatoms. The van der Waals surface area contributed by atoms with Gasteiger partial charge in [0.05, 0.1) is 8.80 Å². The lowest BCUT2D eigenvalue weighted by molar-refractivity contribution is 0.950. The fourth-order valence-corrected chi connectivity index (χ4v) is 7.31. The topological polar surface area (TPSA) is 12.0 Å². The SMILES string of the molecule is CC[Si](CNC)C[Si](C)C. The van der Waals surface area contributed by atoms with Crippen molar-refractivity contribution >= 4 is 17.6 Å². The van der Waals surface area contributed by atoms with Crippen LogP contribution in [-0.2, 0) is 0 Å². The van der Waals surface area contributed by atoms with E-state index < -0.39 is 0 Å². The Bertz CT molecular complexity index is 76.0. The minimum absolute atomic E-state index is 0.000257. The molecule has 0 atom stereocenters. The van der Waals surface area contributed by atoms with Crippen LogP contribution in [0.4, 0.5) is 0 Å². The van der Waals surface area contributed by atoms with Crippen molar-refractivity contribution in [3.05, 3.63) is 0 Å². The summed E-state index contributed by atoms with van der Waals surface area (Å²) < 4.78 is 0. The van der Waals surface area contributed by atoms with E-state index in [4.69, 9.17) is 0 Å². The molecule has 10 heavy (non-hydrogen) atoms. The van der Waals surface area contributed by atoms with Crippen LogP contribution in [0.15, 0.2) is 0 Å². The molecule has 0 saturated heterocycles. The summed E-state index contributed by atoms with van der Waals surface area (Å²) in [5, 5.41) is 3.29. The Labute approximate surface area is 68.4 Å². The smallest absolute Gasteiger partial charge is 0.0613 e. The van der Waals surface area contributed by atoms with E-state index in [0.29, 0.717) is 0 Å². The first-order valence-electron chi connectivity index (χ1n) is 3.97. The van der Waals surface area contributed by atoms with E-state index in [0.717, 1.165) is 0 Å². The van der Waals surface area contributed by atoms with Crippen molar-refractivity contribution in [1.29, 1.82) is 0 Å². The van der Waals surface area contributed by atoms with E-state index in [9.17, 15) is 0 Å². The van der Waals surface area contributed by atoms with Gasteiger partial charge in [0.25, 0.3) is 0 Å². The molecule has 0 aliphatic heterocycles. The summed E-state index contributed by atoms with van der Waals surface area (Å²) in [6.07, 6.45) is 1.30. The van der Waals surface area contributed by atoms with Gasteiger partial charge in [0, 0.05) is 8.80 Å². The molecule has 0 bridgehead atoms. The van der Waals surface area contributed by atoms with Gasteiger partial charge >= 0.3 is 0 Å². The zero-order valence-electron chi connectivity index (χ0n) is 7.62. The zero-order valence-corrected chi connectivity index (χ0v) is 9.62. The van der Waals surface area contributed by atoms with Crippen LogP contribution in [0.3, 0.4) is 0 Å². The average Bonchev–Trinajstić information content (AvgIpc) is 1.86. The van der Waals surface area contributed by atoms with Crippen molar-refractivity contribution < 1.29 is 0 Å². The molecular formula is C7H19NSi2. The van der Waals surface area contributed by atoms with Gasteiger partial charge in [-0.15, -0.1) is 0 Å². The van der Waals surface area contributed by atoms with Gasteiger partial charge in [0.15, 0.2) is 0 Å². The maximum absolute atomic E-state index is 3.29. The Morgan fingerprint density at radius 1 is 1.30 bits per heavy atom. The third kappa shape index (κ3) is 5.20. The van der Waals surface area contributed by atoms with Gasteiger partial charge in [0.2, 0.25) is 0 Å². The van der Waals surface area contributed by atoms with E-state index in [2.05, 4.69) is 32.4 Å². The van der Waals surface area contributed by atoms with Crippen LogP contribution in [0.2, 0.25) is 24.8 Å². The van der Waals surface area contributed by atoms with Crippen molar-refractivity contribution in [2.24, 2.45) is 0 Å². The Hall–Kier alpha value is 0.394. The summed E-state index contributed by atoms with van der Waals surface area (Å²) in [6.45, 7) is 7.16. The first-order valence-corrected chi connectivity index (χ1v) is 8.80. The maximum atomic E-state index is 3.29. The highest BCUT2D eigenvalue weighted by molar-refractivity contribution is 6.76. The molecule has 0 spiro atoms. The molecule has 0 fully saturated rings. The highest BCUT2D eigenvalue weighted by Crippen LogP contribution is 2.00. The highest BCUT2D eigenvalue weighted by atomic mass is 28.3. The summed E-state index contributed by atoms with van der Waals surface area (Å²) >= 11 is 0. The zero-order chi connectivity index (χ0) is 7.98. The van der Waals surface area contributed by atoms with Gasteiger partial charge in [0.1, 0.15) is 0 Å². The lowest BCUT2D eigenvalue weighted by atomic mass is 11.0. The third-order valence-electron chi connectivity index (χ3n) is 1.53. The summed E-state index contributed by atoms with van der Waals surface area (Å²) in [5.74, 6) is 0. The average molecular weight is 173 g/mol. The number of hydrogen-bond acceptors (Lipinski definition) is 1. The minimum atomic E-state index is -0.000257. The Morgan fingerprint density at radius 2 is 1.90 bits per heavy atom. The molecule has 2 radical (unpaired) electrons. The second-order valence-electron chi connectivity index (χ2n) is 3.02. The van der Waals surface area contributed by atoms with Gasteiger partial charge in [-0.05, 0) is 13.2 Å². The largest absolute Gasteiger partial charge is 0.323 e. The number of rotatable bonds is 5. The van der Waals surface area contributed by atoms with E-state index in [1.807, 2.05) is 0 Å². The molecule has 0 saturated carbocycles. The van der Waals surface area contributed by atoms with Crippen LogP contribution in [0.25, 0.3) is 0 Å². The van der Waals surface area contributed by atoms with Crippen molar-refractivity contribution in [2.75, 3.05) is 13.2 Å². The molecule has 0 aromatic carbocycles. The van der Waals surface area contributed by atoms with Crippen molar-refractivity contribution in [2.45, 2.75) is 31.7 Å². The van der Waals surface area contributed by atoms with E-state index in [1.165, 1.54) is 12.2 Å². The van der Waals surface area contributed by atoms with Crippen LogP contribution in [-0.4, -0.2) is 30.8 Å². The van der Waals surface area contributed by atoms with Crippen LogP contribution >= 0.6 is 0 Å². The van der Waals surface area contributed by atoms with Crippen molar-refractivity contribution in [3.8, 4) is 0 Å². The molecule has 1 N–H and O–H groups in total. The molecule has 1 nitrogen and oxygen atoms in total. The molecule has 0 aromatic rings. The second kappa shape index (κ2) is 6.13. The molecule has 0 aromatic heterocycles. The molecule has 0 aliphatic carbocycles. The van der Waals surface area contributed by atoms with Crippen LogP contribution < -0.4 is 5.32 Å². The Kier molecular flexibility index (Phi) is 6.37. The van der Waals surface area contributed by atoms with Crippen molar-refractivity contribution in [1.82, 2.24) is 5.32 Å². The van der Waals surface area contributed by atoms with Crippen LogP contribution in [0, 0.1) is 0 Å². The van der Waals surface area contributed by atoms with Gasteiger partial charge in [-0.25, -0.2) is 0 Å². The fraction of sp³-hybridized carbons (Fsp3) is 1.00. The van der Waals surface area contributed by atoms with Gasteiger partial charge < -0.3 is 5.32 Å². The summed E-state index contributed by atoms with van der Waals surface area (Å²) in [4.78, 5) is 0. The Morgan fingerprint density at radius 3 is 2.20 bits per heavy atom. The predicted molar refractivity (Wildman–Crippen MR) is 52.5 cm³/mol. The highest BCUT2D eigenvalue weighted by Gasteiger charge is 2.09. The number of nitrogens with one attached hydrogen (secondary N) is 1. The lowest BCUT2D eigenvalue weighted by Crippen LogP contribution is -2.30. The lowest BCUT2D eigenvalue weighted by Gasteiger charge is -2.12.